The smallest absolute Gasteiger partial charge is 0.273 e. The number of hydrogen-bond donors (Lipinski definition) is 2. The van der Waals surface area contributed by atoms with Crippen molar-refractivity contribution in [2.45, 2.75) is 13.0 Å². The predicted octanol–water partition coefficient (Wildman–Crippen LogP) is 3.42. The van der Waals surface area contributed by atoms with Gasteiger partial charge in [0.2, 0.25) is 0 Å². The van der Waals surface area contributed by atoms with Gasteiger partial charge in [0, 0.05) is 5.56 Å². The molecule has 0 spiro atoms. The molecule has 1 amide bonds. The van der Waals surface area contributed by atoms with Crippen molar-refractivity contribution in [1.82, 2.24) is 5.43 Å². The zero-order valence-electron chi connectivity index (χ0n) is 14.4. The Morgan fingerprint density at radius 3 is 2.62 bits per heavy atom. The second-order valence-corrected chi connectivity index (χ2v) is 5.68. The minimum Gasteiger partial charge on any atom is -0.493 e. The summed E-state index contributed by atoms with van der Waals surface area (Å²) in [6.45, 7) is 2.44. The molecule has 132 valence electrons. The molecule has 0 fully saturated rings. The van der Waals surface area contributed by atoms with Crippen molar-refractivity contribution in [1.29, 1.82) is 0 Å². The molecule has 2 N–H and O–H groups in total. The Morgan fingerprint density at radius 1 is 1.12 bits per heavy atom. The lowest BCUT2D eigenvalue weighted by Gasteiger charge is -2.11. The van der Waals surface area contributed by atoms with Crippen LogP contribution in [0.2, 0.25) is 0 Å². The molecular weight excluding hydrogens is 328 g/mol. The third-order valence-electron chi connectivity index (χ3n) is 3.96. The van der Waals surface area contributed by atoms with Crippen molar-refractivity contribution >= 4 is 22.9 Å². The Balaban J connectivity index is 1.81. The molecule has 0 unspecified atom stereocenters. The van der Waals surface area contributed by atoms with Crippen molar-refractivity contribution < 1.29 is 14.6 Å². The number of hydrogen-bond acceptors (Lipinski definition) is 4. The van der Waals surface area contributed by atoms with E-state index in [1.807, 2.05) is 49.4 Å². The second-order valence-electron chi connectivity index (χ2n) is 5.68. The van der Waals surface area contributed by atoms with Crippen LogP contribution in [0.15, 0.2) is 71.8 Å². The van der Waals surface area contributed by atoms with E-state index in [0.717, 1.165) is 16.3 Å². The molecule has 26 heavy (non-hydrogen) atoms. The molecule has 0 aliphatic rings. The average Bonchev–Trinajstić information content (AvgIpc) is 2.69. The average molecular weight is 348 g/mol. The van der Waals surface area contributed by atoms with Crippen molar-refractivity contribution in [3.63, 3.8) is 0 Å². The Hall–Kier alpha value is -3.18. The van der Waals surface area contributed by atoms with Crippen LogP contribution in [0.25, 0.3) is 10.8 Å². The van der Waals surface area contributed by atoms with Crippen molar-refractivity contribution in [3.8, 4) is 5.75 Å². The number of aliphatic hydroxyl groups excluding tert-OH is 1. The number of benzene rings is 3. The lowest BCUT2D eigenvalue weighted by Crippen LogP contribution is -2.25. The quantitative estimate of drug-likeness (QED) is 0.530. The van der Waals surface area contributed by atoms with Crippen LogP contribution in [0.3, 0.4) is 0 Å². The SMILES string of the molecule is CCOc1ccc2ccccc2c1C=NNC(=O)[C@@H](O)c1ccccc1. The molecule has 0 aliphatic carbocycles. The lowest BCUT2D eigenvalue weighted by molar-refractivity contribution is -0.129. The Bertz CT molecular complexity index is 923. The van der Waals surface area contributed by atoms with Gasteiger partial charge in [-0.05, 0) is 29.3 Å². The van der Waals surface area contributed by atoms with E-state index >= 15 is 0 Å². The predicted molar refractivity (Wildman–Crippen MR) is 102 cm³/mol. The molecule has 5 heteroatoms. The van der Waals surface area contributed by atoms with Crippen LogP contribution in [-0.4, -0.2) is 23.8 Å². The second kappa shape index (κ2) is 8.27. The van der Waals surface area contributed by atoms with Crippen LogP contribution >= 0.6 is 0 Å². The maximum Gasteiger partial charge on any atom is 0.273 e. The number of fused-ring (bicyclic) bond motifs is 1. The number of aliphatic hydroxyl groups is 1. The summed E-state index contributed by atoms with van der Waals surface area (Å²) in [5, 5.41) is 16.1. The molecule has 0 aliphatic heterocycles. The van der Waals surface area contributed by atoms with E-state index in [0.29, 0.717) is 17.9 Å². The number of ether oxygens (including phenoxy) is 1. The normalized spacial score (nSPS) is 12.2. The molecule has 0 heterocycles. The minimum absolute atomic E-state index is 0.514. The Labute approximate surface area is 151 Å². The molecule has 0 saturated heterocycles. The Morgan fingerprint density at radius 2 is 1.85 bits per heavy atom. The first kappa shape index (κ1) is 17.6. The number of rotatable bonds is 6. The van der Waals surface area contributed by atoms with Crippen LogP contribution < -0.4 is 10.2 Å². The van der Waals surface area contributed by atoms with E-state index in [1.54, 1.807) is 30.5 Å². The molecular formula is C21H20N2O3. The zero-order chi connectivity index (χ0) is 18.4. The highest BCUT2D eigenvalue weighted by Crippen LogP contribution is 2.26. The summed E-state index contributed by atoms with van der Waals surface area (Å²) < 4.78 is 5.67. The van der Waals surface area contributed by atoms with Crippen molar-refractivity contribution in [2.75, 3.05) is 6.61 Å². The van der Waals surface area contributed by atoms with E-state index in [-0.39, 0.29) is 0 Å². The molecule has 0 aromatic heterocycles. The summed E-state index contributed by atoms with van der Waals surface area (Å²) in [6, 6.07) is 20.5. The molecule has 3 aromatic carbocycles. The largest absolute Gasteiger partial charge is 0.493 e. The van der Waals surface area contributed by atoms with Gasteiger partial charge in [-0.2, -0.15) is 5.10 Å². The summed E-state index contributed by atoms with van der Waals surface area (Å²) in [5.74, 6) is 0.0958. The van der Waals surface area contributed by atoms with Crippen molar-refractivity contribution in [3.05, 3.63) is 77.9 Å². The van der Waals surface area contributed by atoms with Gasteiger partial charge in [0.25, 0.3) is 5.91 Å². The monoisotopic (exact) mass is 348 g/mol. The van der Waals surface area contributed by atoms with Gasteiger partial charge in [-0.15, -0.1) is 0 Å². The highest BCUT2D eigenvalue weighted by molar-refractivity contribution is 6.02. The van der Waals surface area contributed by atoms with Gasteiger partial charge in [0.1, 0.15) is 5.75 Å². The Kier molecular flexibility index (Phi) is 5.61. The summed E-state index contributed by atoms with van der Waals surface area (Å²) in [6.07, 6.45) is 0.273. The van der Waals surface area contributed by atoms with Crippen LogP contribution in [0, 0.1) is 0 Å². The molecule has 1 atom stereocenters. The van der Waals surface area contributed by atoms with E-state index in [1.165, 1.54) is 0 Å². The fourth-order valence-electron chi connectivity index (χ4n) is 2.70. The number of nitrogens with zero attached hydrogens (tertiary/aromatic N) is 1. The summed E-state index contributed by atoms with van der Waals surface area (Å²) in [5.41, 5.74) is 3.68. The molecule has 3 aromatic rings. The van der Waals surface area contributed by atoms with Gasteiger partial charge in [0.15, 0.2) is 6.10 Å². The highest BCUT2D eigenvalue weighted by Gasteiger charge is 2.16. The third kappa shape index (κ3) is 3.90. The standard InChI is InChI=1S/C21H20N2O3/c1-2-26-19-13-12-15-8-6-7-11-17(15)18(19)14-22-23-21(25)20(24)16-9-4-3-5-10-16/h3-14,20,24H,2H2,1H3,(H,23,25)/t20-/m0/s1. The van der Waals surface area contributed by atoms with Crippen LogP contribution in [0.4, 0.5) is 0 Å². The van der Waals surface area contributed by atoms with Gasteiger partial charge in [-0.3, -0.25) is 4.79 Å². The number of hydrazone groups is 1. The third-order valence-corrected chi connectivity index (χ3v) is 3.96. The summed E-state index contributed by atoms with van der Waals surface area (Å²) in [4.78, 5) is 12.1. The number of amides is 1. The van der Waals surface area contributed by atoms with E-state index < -0.39 is 12.0 Å². The van der Waals surface area contributed by atoms with Gasteiger partial charge >= 0.3 is 0 Å². The summed E-state index contributed by atoms with van der Waals surface area (Å²) >= 11 is 0. The molecule has 0 saturated carbocycles. The van der Waals surface area contributed by atoms with Crippen LogP contribution in [0.5, 0.6) is 5.75 Å². The fraction of sp³-hybridized carbons (Fsp3) is 0.143. The first-order valence-corrected chi connectivity index (χ1v) is 8.41. The lowest BCUT2D eigenvalue weighted by atomic mass is 10.0. The number of carbonyl (C=O) groups is 1. The maximum atomic E-state index is 12.1. The van der Waals surface area contributed by atoms with Crippen molar-refractivity contribution in [2.24, 2.45) is 5.10 Å². The van der Waals surface area contributed by atoms with E-state index in [4.69, 9.17) is 4.74 Å². The van der Waals surface area contributed by atoms with Crippen LogP contribution in [0.1, 0.15) is 24.2 Å². The molecule has 0 radical (unpaired) electrons. The van der Waals surface area contributed by atoms with Crippen LogP contribution in [-0.2, 0) is 4.79 Å². The molecule has 0 bridgehead atoms. The number of carbonyl (C=O) groups excluding carboxylic acids is 1. The van der Waals surface area contributed by atoms with E-state index in [2.05, 4.69) is 10.5 Å². The van der Waals surface area contributed by atoms with Gasteiger partial charge < -0.3 is 9.84 Å². The fourth-order valence-corrected chi connectivity index (χ4v) is 2.70. The summed E-state index contributed by atoms with van der Waals surface area (Å²) in [7, 11) is 0. The topological polar surface area (TPSA) is 70.9 Å². The minimum atomic E-state index is -1.27. The van der Waals surface area contributed by atoms with Gasteiger partial charge in [-0.25, -0.2) is 5.43 Å². The number of nitrogens with one attached hydrogen (secondary N) is 1. The first-order chi connectivity index (χ1) is 12.7. The van der Waals surface area contributed by atoms with E-state index in [9.17, 15) is 9.90 Å². The molecule has 5 nitrogen and oxygen atoms in total. The zero-order valence-corrected chi connectivity index (χ0v) is 14.4. The highest BCUT2D eigenvalue weighted by atomic mass is 16.5. The maximum absolute atomic E-state index is 12.1. The van der Waals surface area contributed by atoms with Gasteiger partial charge in [-0.1, -0.05) is 60.7 Å². The molecule has 3 rings (SSSR count). The van der Waals surface area contributed by atoms with Gasteiger partial charge in [0.05, 0.1) is 12.8 Å². The first-order valence-electron chi connectivity index (χ1n) is 8.41.